The molecule has 1 aromatic carbocycles. The number of benzene rings is 1. The van der Waals surface area contributed by atoms with E-state index in [1.807, 2.05) is 0 Å². The first-order chi connectivity index (χ1) is 7.70. The third kappa shape index (κ3) is 2.16. The van der Waals surface area contributed by atoms with Crippen molar-refractivity contribution in [2.24, 2.45) is 0 Å². The third-order valence-electron chi connectivity index (χ3n) is 1.93. The maximum atomic E-state index is 13.4. The molecule has 2 rings (SSSR count). The second kappa shape index (κ2) is 4.52. The Morgan fingerprint density at radius 2 is 2.06 bits per heavy atom. The van der Waals surface area contributed by atoms with Crippen molar-refractivity contribution in [2.75, 3.05) is 6.26 Å². The Balaban J connectivity index is 2.49. The summed E-state index contributed by atoms with van der Waals surface area (Å²) in [4.78, 5) is 4.08. The highest BCUT2D eigenvalue weighted by molar-refractivity contribution is 7.98. The van der Waals surface area contributed by atoms with Crippen LogP contribution in [0, 0.1) is 11.6 Å². The number of rotatable bonds is 2. The van der Waals surface area contributed by atoms with Gasteiger partial charge in [-0.05, 0) is 18.4 Å². The molecule has 0 atom stereocenters. The SMILES string of the molecule is CSc1nncc(-c2ccc(F)cc2F)n1. The van der Waals surface area contributed by atoms with Crippen molar-refractivity contribution in [1.29, 1.82) is 0 Å². The second-order valence-electron chi connectivity index (χ2n) is 2.95. The number of halogens is 2. The van der Waals surface area contributed by atoms with Crippen LogP contribution in [-0.2, 0) is 0 Å². The Kier molecular flexibility index (Phi) is 3.09. The van der Waals surface area contributed by atoms with E-state index in [9.17, 15) is 8.78 Å². The smallest absolute Gasteiger partial charge is 0.209 e. The number of hydrogen-bond acceptors (Lipinski definition) is 4. The standard InChI is InChI=1S/C10H7F2N3S/c1-16-10-14-9(5-13-15-10)7-3-2-6(11)4-8(7)12/h2-5H,1H3. The van der Waals surface area contributed by atoms with Crippen LogP contribution in [-0.4, -0.2) is 21.4 Å². The highest BCUT2D eigenvalue weighted by Gasteiger charge is 2.09. The molecule has 0 amide bonds. The van der Waals surface area contributed by atoms with Gasteiger partial charge in [0.05, 0.1) is 11.9 Å². The minimum atomic E-state index is -0.660. The van der Waals surface area contributed by atoms with E-state index >= 15 is 0 Å². The molecule has 0 bridgehead atoms. The molecule has 6 heteroatoms. The molecule has 0 fully saturated rings. The molecule has 16 heavy (non-hydrogen) atoms. The first-order valence-corrected chi connectivity index (χ1v) is 5.62. The van der Waals surface area contributed by atoms with Gasteiger partial charge in [0.15, 0.2) is 0 Å². The number of aromatic nitrogens is 3. The van der Waals surface area contributed by atoms with Gasteiger partial charge in [0.25, 0.3) is 0 Å². The molecular weight excluding hydrogens is 232 g/mol. The molecule has 0 aliphatic heterocycles. The normalized spacial score (nSPS) is 10.4. The maximum absolute atomic E-state index is 13.4. The zero-order chi connectivity index (χ0) is 11.5. The Hall–Kier alpha value is -1.56. The summed E-state index contributed by atoms with van der Waals surface area (Å²) < 4.78 is 26.2. The molecule has 0 aliphatic carbocycles. The van der Waals surface area contributed by atoms with Crippen molar-refractivity contribution in [3.05, 3.63) is 36.0 Å². The van der Waals surface area contributed by atoms with Gasteiger partial charge in [-0.25, -0.2) is 13.8 Å². The van der Waals surface area contributed by atoms with Gasteiger partial charge < -0.3 is 0 Å². The summed E-state index contributed by atoms with van der Waals surface area (Å²) in [5.41, 5.74) is 0.559. The average molecular weight is 239 g/mol. The summed E-state index contributed by atoms with van der Waals surface area (Å²) in [6, 6.07) is 3.33. The first-order valence-electron chi connectivity index (χ1n) is 4.40. The quantitative estimate of drug-likeness (QED) is 0.755. The monoisotopic (exact) mass is 239 g/mol. The predicted molar refractivity (Wildman–Crippen MR) is 57.0 cm³/mol. The Morgan fingerprint density at radius 1 is 1.25 bits per heavy atom. The lowest BCUT2D eigenvalue weighted by molar-refractivity contribution is 0.585. The first kappa shape index (κ1) is 10.9. The van der Waals surface area contributed by atoms with E-state index < -0.39 is 11.6 Å². The molecule has 0 N–H and O–H groups in total. The van der Waals surface area contributed by atoms with E-state index in [4.69, 9.17) is 0 Å². The Labute approximate surface area is 94.9 Å². The van der Waals surface area contributed by atoms with Gasteiger partial charge in [-0.2, -0.15) is 5.10 Å². The fourth-order valence-electron chi connectivity index (χ4n) is 1.20. The van der Waals surface area contributed by atoms with Crippen LogP contribution >= 0.6 is 11.8 Å². The van der Waals surface area contributed by atoms with Crippen LogP contribution in [0.1, 0.15) is 0 Å². The molecule has 0 radical (unpaired) electrons. The van der Waals surface area contributed by atoms with Gasteiger partial charge in [0.1, 0.15) is 11.6 Å². The van der Waals surface area contributed by atoms with E-state index in [1.54, 1.807) is 6.26 Å². The number of nitrogens with zero attached hydrogens (tertiary/aromatic N) is 3. The molecule has 2 aromatic rings. The van der Waals surface area contributed by atoms with Crippen LogP contribution in [0.25, 0.3) is 11.3 Å². The zero-order valence-corrected chi connectivity index (χ0v) is 9.13. The van der Waals surface area contributed by atoms with Gasteiger partial charge >= 0.3 is 0 Å². The van der Waals surface area contributed by atoms with Gasteiger partial charge in [0.2, 0.25) is 5.16 Å². The summed E-state index contributed by atoms with van der Waals surface area (Å²) in [6.07, 6.45) is 3.14. The zero-order valence-electron chi connectivity index (χ0n) is 8.32. The van der Waals surface area contributed by atoms with Gasteiger partial charge in [-0.15, -0.1) is 5.10 Å². The minimum absolute atomic E-state index is 0.214. The summed E-state index contributed by atoms with van der Waals surface area (Å²) in [7, 11) is 0. The third-order valence-corrected chi connectivity index (χ3v) is 2.47. The average Bonchev–Trinajstić information content (AvgIpc) is 2.29. The Morgan fingerprint density at radius 3 is 2.75 bits per heavy atom. The molecule has 0 aliphatic rings. The molecule has 0 saturated carbocycles. The highest BCUT2D eigenvalue weighted by atomic mass is 32.2. The van der Waals surface area contributed by atoms with E-state index in [0.29, 0.717) is 10.9 Å². The highest BCUT2D eigenvalue weighted by Crippen LogP contribution is 2.21. The summed E-state index contributed by atoms with van der Waals surface area (Å²) in [5, 5.41) is 7.88. The fourth-order valence-corrected chi connectivity index (χ4v) is 1.52. The molecule has 1 heterocycles. The van der Waals surface area contributed by atoms with E-state index in [-0.39, 0.29) is 5.56 Å². The van der Waals surface area contributed by atoms with Crippen LogP contribution in [0.4, 0.5) is 8.78 Å². The Bertz CT molecular complexity index is 519. The lowest BCUT2D eigenvalue weighted by Gasteiger charge is -2.02. The summed E-state index contributed by atoms with van der Waals surface area (Å²) in [6.45, 7) is 0. The minimum Gasteiger partial charge on any atom is -0.219 e. The van der Waals surface area contributed by atoms with E-state index in [2.05, 4.69) is 15.2 Å². The van der Waals surface area contributed by atoms with E-state index in [0.717, 1.165) is 6.07 Å². The number of hydrogen-bond donors (Lipinski definition) is 0. The summed E-state index contributed by atoms with van der Waals surface area (Å²) in [5.74, 6) is -1.28. The molecule has 82 valence electrons. The lowest BCUT2D eigenvalue weighted by atomic mass is 10.1. The van der Waals surface area contributed by atoms with Crippen molar-refractivity contribution < 1.29 is 8.78 Å². The molecule has 0 unspecified atom stereocenters. The van der Waals surface area contributed by atoms with Crippen molar-refractivity contribution in [3.63, 3.8) is 0 Å². The predicted octanol–water partition coefficient (Wildman–Crippen LogP) is 2.54. The van der Waals surface area contributed by atoms with Crippen molar-refractivity contribution in [3.8, 4) is 11.3 Å². The van der Waals surface area contributed by atoms with Crippen LogP contribution in [0.2, 0.25) is 0 Å². The molecule has 0 saturated heterocycles. The molecule has 1 aromatic heterocycles. The van der Waals surface area contributed by atoms with Crippen LogP contribution < -0.4 is 0 Å². The van der Waals surface area contributed by atoms with Gasteiger partial charge in [-0.1, -0.05) is 11.8 Å². The van der Waals surface area contributed by atoms with Gasteiger partial charge in [-0.3, -0.25) is 0 Å². The van der Waals surface area contributed by atoms with Crippen molar-refractivity contribution >= 4 is 11.8 Å². The lowest BCUT2D eigenvalue weighted by Crippen LogP contribution is -1.95. The van der Waals surface area contributed by atoms with Crippen molar-refractivity contribution in [1.82, 2.24) is 15.2 Å². The molecule has 3 nitrogen and oxygen atoms in total. The van der Waals surface area contributed by atoms with Crippen LogP contribution in [0.3, 0.4) is 0 Å². The van der Waals surface area contributed by atoms with Crippen LogP contribution in [0.5, 0.6) is 0 Å². The number of thioether (sulfide) groups is 1. The fraction of sp³-hybridized carbons (Fsp3) is 0.100. The topological polar surface area (TPSA) is 38.7 Å². The van der Waals surface area contributed by atoms with Gasteiger partial charge in [0, 0.05) is 11.6 Å². The molecule has 0 spiro atoms. The van der Waals surface area contributed by atoms with Crippen molar-refractivity contribution in [2.45, 2.75) is 5.16 Å². The maximum Gasteiger partial charge on any atom is 0.209 e. The molecular formula is C10H7F2N3S. The largest absolute Gasteiger partial charge is 0.219 e. The van der Waals surface area contributed by atoms with Crippen LogP contribution in [0.15, 0.2) is 29.6 Å². The second-order valence-corrected chi connectivity index (χ2v) is 3.73. The van der Waals surface area contributed by atoms with E-state index in [1.165, 1.54) is 30.1 Å². The summed E-state index contributed by atoms with van der Waals surface area (Å²) >= 11 is 1.31.